The molecular formula is C4H5NO. The first-order valence-corrected chi connectivity index (χ1v) is 1.89. The average Bonchev–Trinajstić information content (AvgIpc) is 1.72. The molecule has 0 amide bonds. The quantitative estimate of drug-likeness (QED) is 0.419. The standard InChI is InChI=1S/C4H5NO/c1-2-4-6-5-3-1/h1H,2,4H2. The molecule has 0 saturated carbocycles. The van der Waals surface area contributed by atoms with Gasteiger partial charge in [-0.2, -0.15) is 0 Å². The Labute approximate surface area is 36.1 Å². The molecule has 0 unspecified atom stereocenters. The Morgan fingerprint density at radius 1 is 1.83 bits per heavy atom. The van der Waals surface area contributed by atoms with Crippen molar-refractivity contribution < 1.29 is 4.84 Å². The molecular weight excluding hydrogens is 78.0 g/mol. The molecule has 6 heavy (non-hydrogen) atoms. The minimum atomic E-state index is 0.715. The van der Waals surface area contributed by atoms with Gasteiger partial charge in [-0.15, -0.1) is 0 Å². The fraction of sp³-hybridized carbons (Fsp3) is 0.500. The summed E-state index contributed by atoms with van der Waals surface area (Å²) in [6.07, 6.45) is 2.80. The van der Waals surface area contributed by atoms with Crippen molar-refractivity contribution in [3.05, 3.63) is 6.08 Å². The molecule has 0 spiro atoms. The minimum absolute atomic E-state index is 0.715. The molecule has 1 aliphatic rings. The molecule has 0 aliphatic carbocycles. The van der Waals surface area contributed by atoms with Gasteiger partial charge in [0, 0.05) is 12.3 Å². The molecule has 0 aromatic heterocycles. The highest BCUT2D eigenvalue weighted by molar-refractivity contribution is 5.50. The molecule has 0 aromatic carbocycles. The SMILES string of the molecule is C1=CCCON=1. The highest BCUT2D eigenvalue weighted by atomic mass is 16.6. The van der Waals surface area contributed by atoms with Crippen molar-refractivity contribution >= 4 is 5.87 Å². The minimum Gasteiger partial charge on any atom is -0.388 e. The summed E-state index contributed by atoms with van der Waals surface area (Å²) in [7, 11) is 0. The van der Waals surface area contributed by atoms with E-state index in [0.717, 1.165) is 6.42 Å². The van der Waals surface area contributed by atoms with Crippen LogP contribution in [0.25, 0.3) is 0 Å². The second-order valence-corrected chi connectivity index (χ2v) is 1.05. The van der Waals surface area contributed by atoms with E-state index in [4.69, 9.17) is 0 Å². The maximum atomic E-state index is 4.55. The second-order valence-electron chi connectivity index (χ2n) is 1.05. The number of hydrogen-bond donors (Lipinski definition) is 0. The Kier molecular flexibility index (Phi) is 0.934. The van der Waals surface area contributed by atoms with E-state index < -0.39 is 0 Å². The van der Waals surface area contributed by atoms with Crippen molar-refractivity contribution in [2.24, 2.45) is 5.16 Å². The fourth-order valence-electron chi connectivity index (χ4n) is 0.296. The molecule has 1 aliphatic heterocycles. The molecule has 0 N–H and O–H groups in total. The Bertz CT molecular complexity index is 83.7. The van der Waals surface area contributed by atoms with Crippen LogP contribution in [-0.2, 0) is 4.84 Å². The number of nitrogens with zero attached hydrogens (tertiary/aromatic N) is 1. The summed E-state index contributed by atoms with van der Waals surface area (Å²) in [5, 5.41) is 3.37. The van der Waals surface area contributed by atoms with Crippen molar-refractivity contribution in [1.82, 2.24) is 0 Å². The lowest BCUT2D eigenvalue weighted by Crippen LogP contribution is -1.87. The third-order valence-corrected chi connectivity index (χ3v) is 0.562. The molecule has 2 nitrogen and oxygen atoms in total. The lowest BCUT2D eigenvalue weighted by Gasteiger charge is -1.92. The summed E-state index contributed by atoms with van der Waals surface area (Å²) in [5.74, 6) is 2.56. The van der Waals surface area contributed by atoms with E-state index in [9.17, 15) is 0 Å². The summed E-state index contributed by atoms with van der Waals surface area (Å²) in [6, 6.07) is 0. The van der Waals surface area contributed by atoms with Crippen LogP contribution in [0, 0.1) is 0 Å². The van der Waals surface area contributed by atoms with Crippen molar-refractivity contribution in [2.75, 3.05) is 6.61 Å². The second kappa shape index (κ2) is 1.63. The van der Waals surface area contributed by atoms with Gasteiger partial charge in [0.25, 0.3) is 0 Å². The van der Waals surface area contributed by atoms with Crippen molar-refractivity contribution in [2.45, 2.75) is 6.42 Å². The van der Waals surface area contributed by atoms with Crippen LogP contribution in [0.2, 0.25) is 0 Å². The smallest absolute Gasteiger partial charge is 0.122 e. The lowest BCUT2D eigenvalue weighted by atomic mass is 10.4. The van der Waals surface area contributed by atoms with Crippen LogP contribution in [0.4, 0.5) is 0 Å². The van der Waals surface area contributed by atoms with E-state index in [2.05, 4.69) is 15.9 Å². The monoisotopic (exact) mass is 83.0 g/mol. The summed E-state index contributed by atoms with van der Waals surface area (Å²) in [5.41, 5.74) is 0. The van der Waals surface area contributed by atoms with E-state index in [1.807, 2.05) is 6.08 Å². The van der Waals surface area contributed by atoms with Crippen LogP contribution in [0.1, 0.15) is 6.42 Å². The number of rotatable bonds is 0. The molecule has 0 atom stereocenters. The zero-order valence-corrected chi connectivity index (χ0v) is 3.35. The largest absolute Gasteiger partial charge is 0.388 e. The predicted molar refractivity (Wildman–Crippen MR) is 22.6 cm³/mol. The van der Waals surface area contributed by atoms with Crippen molar-refractivity contribution in [1.29, 1.82) is 0 Å². The van der Waals surface area contributed by atoms with Crippen LogP contribution in [-0.4, -0.2) is 12.5 Å². The molecule has 0 bridgehead atoms. The number of hydrogen-bond acceptors (Lipinski definition) is 2. The average molecular weight is 83.1 g/mol. The molecule has 32 valence electrons. The zero-order chi connectivity index (χ0) is 4.24. The lowest BCUT2D eigenvalue weighted by molar-refractivity contribution is 0.147. The normalized spacial score (nSPS) is 17.3. The summed E-state index contributed by atoms with van der Waals surface area (Å²) in [4.78, 5) is 4.55. The molecule has 0 fully saturated rings. The molecule has 1 heterocycles. The fourth-order valence-corrected chi connectivity index (χ4v) is 0.296. The van der Waals surface area contributed by atoms with Gasteiger partial charge in [0.05, 0.1) is 0 Å². The zero-order valence-electron chi connectivity index (χ0n) is 3.35. The van der Waals surface area contributed by atoms with Crippen LogP contribution in [0.15, 0.2) is 11.2 Å². The van der Waals surface area contributed by atoms with Gasteiger partial charge in [-0.25, -0.2) is 0 Å². The highest BCUT2D eigenvalue weighted by Crippen LogP contribution is 1.85. The van der Waals surface area contributed by atoms with Crippen molar-refractivity contribution in [3.8, 4) is 0 Å². The Hall–Kier alpha value is -0.750. The van der Waals surface area contributed by atoms with Gasteiger partial charge in [-0.3, -0.25) is 0 Å². The first kappa shape index (κ1) is 3.44. The molecule has 0 saturated heterocycles. The van der Waals surface area contributed by atoms with Gasteiger partial charge in [0.15, 0.2) is 0 Å². The molecule has 0 aromatic rings. The molecule has 0 radical (unpaired) electrons. The Balaban J connectivity index is 2.53. The highest BCUT2D eigenvalue weighted by Gasteiger charge is 1.81. The van der Waals surface area contributed by atoms with Crippen LogP contribution in [0.3, 0.4) is 0 Å². The maximum Gasteiger partial charge on any atom is 0.122 e. The third kappa shape index (κ3) is 0.597. The van der Waals surface area contributed by atoms with E-state index in [1.54, 1.807) is 0 Å². The van der Waals surface area contributed by atoms with Gasteiger partial charge < -0.3 is 4.84 Å². The summed E-state index contributed by atoms with van der Waals surface area (Å²) in [6.45, 7) is 0.715. The summed E-state index contributed by atoms with van der Waals surface area (Å²) < 4.78 is 0. The first-order chi connectivity index (χ1) is 3.00. The molecule has 2 heteroatoms. The topological polar surface area (TPSA) is 21.6 Å². The van der Waals surface area contributed by atoms with Gasteiger partial charge in [-0.05, 0) is 11.2 Å². The van der Waals surface area contributed by atoms with E-state index >= 15 is 0 Å². The first-order valence-electron chi connectivity index (χ1n) is 1.89. The Morgan fingerprint density at radius 3 is 3.00 bits per heavy atom. The predicted octanol–water partition coefficient (Wildman–Crippen LogP) is 0.548. The van der Waals surface area contributed by atoms with E-state index in [0.29, 0.717) is 6.61 Å². The van der Waals surface area contributed by atoms with Gasteiger partial charge in [0.1, 0.15) is 6.61 Å². The van der Waals surface area contributed by atoms with E-state index in [1.165, 1.54) is 0 Å². The maximum absolute atomic E-state index is 4.55. The van der Waals surface area contributed by atoms with Gasteiger partial charge >= 0.3 is 0 Å². The van der Waals surface area contributed by atoms with Crippen molar-refractivity contribution in [3.63, 3.8) is 0 Å². The summed E-state index contributed by atoms with van der Waals surface area (Å²) >= 11 is 0. The van der Waals surface area contributed by atoms with Crippen LogP contribution in [0.5, 0.6) is 0 Å². The Morgan fingerprint density at radius 2 is 2.83 bits per heavy atom. The van der Waals surface area contributed by atoms with E-state index in [-0.39, 0.29) is 0 Å². The van der Waals surface area contributed by atoms with Gasteiger partial charge in [0.2, 0.25) is 0 Å². The van der Waals surface area contributed by atoms with Gasteiger partial charge in [-0.1, -0.05) is 0 Å². The van der Waals surface area contributed by atoms with Crippen LogP contribution >= 0.6 is 0 Å². The van der Waals surface area contributed by atoms with Crippen LogP contribution < -0.4 is 0 Å². The molecule has 1 rings (SSSR count). The third-order valence-electron chi connectivity index (χ3n) is 0.562.